The predicted octanol–water partition coefficient (Wildman–Crippen LogP) is 4.37. The summed E-state index contributed by atoms with van der Waals surface area (Å²) in [6, 6.07) is 14.2. The fourth-order valence-electron chi connectivity index (χ4n) is 3.67. The molecule has 27 heavy (non-hydrogen) atoms. The molecule has 1 aliphatic heterocycles. The fraction of sp³-hybridized carbons (Fsp3) is 0.391. The van der Waals surface area contributed by atoms with Gasteiger partial charge in [-0.2, -0.15) is 0 Å². The summed E-state index contributed by atoms with van der Waals surface area (Å²) < 4.78 is 0. The van der Waals surface area contributed by atoms with Crippen molar-refractivity contribution in [3.8, 4) is 0 Å². The van der Waals surface area contributed by atoms with E-state index in [4.69, 9.17) is 0 Å². The van der Waals surface area contributed by atoms with Crippen LogP contribution in [0.3, 0.4) is 0 Å². The standard InChI is InChI=1S/C23H28N2O2/c1-4-16-10-12-20(13-11-16)25-15-19(14-21(25)26)23(27)24-22-17(5-2)8-7-9-18(22)6-3/h7-13,19H,4-6,14-15H2,1-3H3,(H,24,27)/t19-/m0/s1. The first-order chi connectivity index (χ1) is 13.1. The monoisotopic (exact) mass is 364 g/mol. The number of benzene rings is 2. The minimum atomic E-state index is -0.321. The van der Waals surface area contributed by atoms with Crippen LogP contribution in [0, 0.1) is 5.92 Å². The Labute approximate surface area is 161 Å². The smallest absolute Gasteiger partial charge is 0.229 e. The third kappa shape index (κ3) is 4.05. The SMILES string of the molecule is CCc1ccc(N2C[C@@H](C(=O)Nc3c(CC)cccc3CC)CC2=O)cc1. The van der Waals surface area contributed by atoms with Gasteiger partial charge in [0.15, 0.2) is 0 Å². The van der Waals surface area contributed by atoms with Gasteiger partial charge in [0.25, 0.3) is 0 Å². The number of rotatable bonds is 6. The number of nitrogens with zero attached hydrogens (tertiary/aromatic N) is 1. The van der Waals surface area contributed by atoms with E-state index in [1.165, 1.54) is 5.56 Å². The van der Waals surface area contributed by atoms with E-state index in [9.17, 15) is 9.59 Å². The molecule has 1 saturated heterocycles. The third-order valence-corrected chi connectivity index (χ3v) is 5.40. The second kappa shape index (κ2) is 8.38. The lowest BCUT2D eigenvalue weighted by Gasteiger charge is -2.18. The molecule has 1 heterocycles. The molecule has 2 aromatic carbocycles. The van der Waals surface area contributed by atoms with Gasteiger partial charge in [0.1, 0.15) is 0 Å². The van der Waals surface area contributed by atoms with Crippen LogP contribution >= 0.6 is 0 Å². The number of carbonyl (C=O) groups is 2. The van der Waals surface area contributed by atoms with Gasteiger partial charge in [0.2, 0.25) is 11.8 Å². The van der Waals surface area contributed by atoms with Crippen LogP contribution in [0.4, 0.5) is 11.4 Å². The topological polar surface area (TPSA) is 49.4 Å². The molecule has 0 bridgehead atoms. The Bertz CT molecular complexity index is 805. The van der Waals surface area contributed by atoms with E-state index in [0.717, 1.165) is 41.8 Å². The first kappa shape index (κ1) is 19.2. The summed E-state index contributed by atoms with van der Waals surface area (Å²) in [5.41, 5.74) is 5.31. The molecule has 2 aromatic rings. The molecule has 1 atom stereocenters. The van der Waals surface area contributed by atoms with Crippen molar-refractivity contribution in [3.05, 3.63) is 59.2 Å². The summed E-state index contributed by atoms with van der Waals surface area (Å²) in [5, 5.41) is 3.12. The molecule has 3 rings (SSSR count). The summed E-state index contributed by atoms with van der Waals surface area (Å²) in [6.07, 6.45) is 2.96. The first-order valence-corrected chi connectivity index (χ1v) is 9.88. The number of hydrogen-bond donors (Lipinski definition) is 1. The van der Waals surface area contributed by atoms with Gasteiger partial charge >= 0.3 is 0 Å². The third-order valence-electron chi connectivity index (χ3n) is 5.40. The summed E-state index contributed by atoms with van der Waals surface area (Å²) in [6.45, 7) is 6.72. The molecular weight excluding hydrogens is 336 g/mol. The molecule has 4 heteroatoms. The normalized spacial score (nSPS) is 16.6. The number of para-hydroxylation sites is 1. The van der Waals surface area contributed by atoms with E-state index in [0.29, 0.717) is 6.54 Å². The van der Waals surface area contributed by atoms with E-state index in [2.05, 4.69) is 38.2 Å². The number of carbonyl (C=O) groups excluding carboxylic acids is 2. The van der Waals surface area contributed by atoms with Gasteiger partial charge < -0.3 is 10.2 Å². The van der Waals surface area contributed by atoms with Crippen LogP contribution in [0.1, 0.15) is 43.9 Å². The number of hydrogen-bond acceptors (Lipinski definition) is 2. The summed E-state index contributed by atoms with van der Waals surface area (Å²) in [7, 11) is 0. The molecule has 0 unspecified atom stereocenters. The van der Waals surface area contributed by atoms with Gasteiger partial charge in [-0.3, -0.25) is 9.59 Å². The van der Waals surface area contributed by atoms with Crippen molar-refractivity contribution in [1.29, 1.82) is 0 Å². The first-order valence-electron chi connectivity index (χ1n) is 9.88. The van der Waals surface area contributed by atoms with Gasteiger partial charge in [-0.05, 0) is 48.1 Å². The van der Waals surface area contributed by atoms with Crippen LogP contribution in [-0.2, 0) is 28.9 Å². The van der Waals surface area contributed by atoms with Crippen LogP contribution in [0.5, 0.6) is 0 Å². The molecule has 4 nitrogen and oxygen atoms in total. The summed E-state index contributed by atoms with van der Waals surface area (Å²) >= 11 is 0. The van der Waals surface area contributed by atoms with Crippen LogP contribution in [-0.4, -0.2) is 18.4 Å². The van der Waals surface area contributed by atoms with Crippen molar-refractivity contribution in [2.45, 2.75) is 46.5 Å². The highest BCUT2D eigenvalue weighted by Crippen LogP contribution is 2.28. The van der Waals surface area contributed by atoms with Crippen molar-refractivity contribution in [3.63, 3.8) is 0 Å². The molecule has 0 aromatic heterocycles. The maximum Gasteiger partial charge on any atom is 0.229 e. The highest BCUT2D eigenvalue weighted by atomic mass is 16.2. The van der Waals surface area contributed by atoms with Crippen LogP contribution < -0.4 is 10.2 Å². The molecular formula is C23H28N2O2. The molecule has 0 spiro atoms. The van der Waals surface area contributed by atoms with Crippen molar-refractivity contribution in [2.24, 2.45) is 5.92 Å². The average Bonchev–Trinajstić information content (AvgIpc) is 3.10. The zero-order chi connectivity index (χ0) is 19.4. The largest absolute Gasteiger partial charge is 0.325 e. The lowest BCUT2D eigenvalue weighted by atomic mass is 10.0. The Hall–Kier alpha value is -2.62. The van der Waals surface area contributed by atoms with Gasteiger partial charge in [0, 0.05) is 24.3 Å². The van der Waals surface area contributed by atoms with Crippen LogP contribution in [0.2, 0.25) is 0 Å². The van der Waals surface area contributed by atoms with Gasteiger partial charge in [0.05, 0.1) is 5.92 Å². The van der Waals surface area contributed by atoms with E-state index in [-0.39, 0.29) is 24.2 Å². The Morgan fingerprint density at radius 2 is 1.63 bits per heavy atom. The lowest BCUT2D eigenvalue weighted by Crippen LogP contribution is -2.28. The highest BCUT2D eigenvalue weighted by Gasteiger charge is 2.35. The number of aryl methyl sites for hydroxylation is 3. The van der Waals surface area contributed by atoms with Crippen molar-refractivity contribution < 1.29 is 9.59 Å². The maximum absolute atomic E-state index is 12.9. The Balaban J connectivity index is 1.74. The zero-order valence-corrected chi connectivity index (χ0v) is 16.4. The predicted molar refractivity (Wildman–Crippen MR) is 110 cm³/mol. The van der Waals surface area contributed by atoms with Gasteiger partial charge in [-0.25, -0.2) is 0 Å². The number of anilines is 2. The molecule has 2 amide bonds. The van der Waals surface area contributed by atoms with Crippen LogP contribution in [0.15, 0.2) is 42.5 Å². The minimum absolute atomic E-state index is 0.0129. The summed E-state index contributed by atoms with van der Waals surface area (Å²) in [4.78, 5) is 27.1. The van der Waals surface area contributed by atoms with E-state index < -0.39 is 0 Å². The molecule has 142 valence electrons. The Morgan fingerprint density at radius 3 is 2.19 bits per heavy atom. The fourth-order valence-corrected chi connectivity index (χ4v) is 3.67. The van der Waals surface area contributed by atoms with E-state index >= 15 is 0 Å². The Kier molecular flexibility index (Phi) is 5.94. The number of nitrogens with one attached hydrogen (secondary N) is 1. The van der Waals surface area contributed by atoms with Gasteiger partial charge in [-0.1, -0.05) is 51.1 Å². The molecule has 1 fully saturated rings. The lowest BCUT2D eigenvalue weighted by molar-refractivity contribution is -0.122. The zero-order valence-electron chi connectivity index (χ0n) is 16.4. The second-order valence-corrected chi connectivity index (χ2v) is 7.07. The summed E-state index contributed by atoms with van der Waals surface area (Å²) in [5.74, 6) is -0.372. The molecule has 0 aliphatic carbocycles. The molecule has 1 N–H and O–H groups in total. The van der Waals surface area contributed by atoms with Gasteiger partial charge in [-0.15, -0.1) is 0 Å². The number of amides is 2. The van der Waals surface area contributed by atoms with Crippen LogP contribution in [0.25, 0.3) is 0 Å². The highest BCUT2D eigenvalue weighted by molar-refractivity contribution is 6.04. The average molecular weight is 364 g/mol. The van der Waals surface area contributed by atoms with Crippen molar-refractivity contribution in [1.82, 2.24) is 0 Å². The minimum Gasteiger partial charge on any atom is -0.325 e. The quantitative estimate of drug-likeness (QED) is 0.828. The van der Waals surface area contributed by atoms with Crippen molar-refractivity contribution >= 4 is 23.2 Å². The van der Waals surface area contributed by atoms with E-state index in [1.807, 2.05) is 30.3 Å². The Morgan fingerprint density at radius 1 is 1.00 bits per heavy atom. The second-order valence-electron chi connectivity index (χ2n) is 7.07. The van der Waals surface area contributed by atoms with Crippen molar-refractivity contribution in [2.75, 3.05) is 16.8 Å². The molecule has 1 aliphatic rings. The molecule has 0 saturated carbocycles. The molecule has 0 radical (unpaired) electrons. The van der Waals surface area contributed by atoms with E-state index in [1.54, 1.807) is 4.90 Å². The maximum atomic E-state index is 12.9.